The molecule has 0 atom stereocenters. The van der Waals surface area contributed by atoms with Gasteiger partial charge in [-0.05, 0) is 24.6 Å². The number of aryl methyl sites for hydroxylation is 1. The molecule has 1 N–H and O–H groups in total. The third kappa shape index (κ3) is 3.58. The van der Waals surface area contributed by atoms with Crippen LogP contribution in [0.25, 0.3) is 0 Å². The van der Waals surface area contributed by atoms with Gasteiger partial charge >= 0.3 is 29.6 Å². The second-order valence-corrected chi connectivity index (χ2v) is 4.21. The van der Waals surface area contributed by atoms with E-state index in [2.05, 4.69) is 0 Å². The van der Waals surface area contributed by atoms with Gasteiger partial charge in [0.15, 0.2) is 0 Å². The van der Waals surface area contributed by atoms with Gasteiger partial charge in [0.1, 0.15) is 4.90 Å². The average Bonchev–Trinajstić information content (AvgIpc) is 1.83. The van der Waals surface area contributed by atoms with Crippen molar-refractivity contribution in [3.8, 4) is 0 Å². The minimum absolute atomic E-state index is 0. The van der Waals surface area contributed by atoms with E-state index in [0.717, 1.165) is 5.56 Å². The first kappa shape index (κ1) is 13.4. The monoisotopic (exact) mass is 229 g/mol. The maximum atomic E-state index is 10.6. The van der Waals surface area contributed by atoms with Crippen molar-refractivity contribution in [2.24, 2.45) is 0 Å². The Labute approximate surface area is 104 Å². The SMILES string of the molecule is Cc1ccc(S(=O)(=O)O)c(Cl)c1.[Na+]. The van der Waals surface area contributed by atoms with Crippen LogP contribution in [-0.4, -0.2) is 13.0 Å². The number of benzene rings is 1. The van der Waals surface area contributed by atoms with E-state index in [1.165, 1.54) is 12.1 Å². The second kappa shape index (κ2) is 4.77. The van der Waals surface area contributed by atoms with Gasteiger partial charge in [-0.25, -0.2) is 0 Å². The van der Waals surface area contributed by atoms with Crippen molar-refractivity contribution in [3.63, 3.8) is 0 Å². The smallest absolute Gasteiger partial charge is 0.282 e. The minimum Gasteiger partial charge on any atom is -0.282 e. The van der Waals surface area contributed by atoms with Crippen LogP contribution in [0.4, 0.5) is 0 Å². The Hall–Kier alpha value is 0.420. The molecule has 0 aliphatic rings. The summed E-state index contributed by atoms with van der Waals surface area (Å²) in [6.45, 7) is 1.78. The fraction of sp³-hybridized carbons (Fsp3) is 0.143. The summed E-state index contributed by atoms with van der Waals surface area (Å²) >= 11 is 5.57. The Morgan fingerprint density at radius 2 is 1.92 bits per heavy atom. The molecule has 0 radical (unpaired) electrons. The van der Waals surface area contributed by atoms with Crippen molar-refractivity contribution < 1.29 is 42.5 Å². The number of hydrogen-bond acceptors (Lipinski definition) is 2. The second-order valence-electron chi connectivity index (χ2n) is 2.41. The molecule has 0 heterocycles. The molecule has 0 fully saturated rings. The van der Waals surface area contributed by atoms with Crippen LogP contribution in [-0.2, 0) is 10.1 Å². The van der Waals surface area contributed by atoms with Crippen molar-refractivity contribution in [2.45, 2.75) is 11.8 Å². The maximum Gasteiger partial charge on any atom is 1.00 e. The van der Waals surface area contributed by atoms with E-state index in [9.17, 15) is 8.42 Å². The summed E-state index contributed by atoms with van der Waals surface area (Å²) in [5, 5.41) is 0.0394. The first-order valence-corrected chi connectivity index (χ1v) is 4.97. The summed E-state index contributed by atoms with van der Waals surface area (Å²) in [5.41, 5.74) is 0.840. The van der Waals surface area contributed by atoms with Crippen LogP contribution in [0, 0.1) is 6.92 Å². The summed E-state index contributed by atoms with van der Waals surface area (Å²) in [7, 11) is -4.18. The zero-order valence-electron chi connectivity index (χ0n) is 7.28. The molecule has 1 aromatic carbocycles. The van der Waals surface area contributed by atoms with E-state index < -0.39 is 10.1 Å². The Kier molecular flexibility index (Phi) is 4.93. The molecule has 1 rings (SSSR count). The first-order chi connectivity index (χ1) is 5.41. The largest absolute Gasteiger partial charge is 1.00 e. The average molecular weight is 230 g/mol. The van der Waals surface area contributed by atoms with Crippen molar-refractivity contribution >= 4 is 21.7 Å². The molecule has 0 aliphatic carbocycles. The van der Waals surface area contributed by atoms with Crippen LogP contribution in [0.2, 0.25) is 5.02 Å². The molecule has 0 saturated carbocycles. The van der Waals surface area contributed by atoms with E-state index in [0.29, 0.717) is 0 Å². The Balaban J connectivity index is 0.00000144. The van der Waals surface area contributed by atoms with Crippen molar-refractivity contribution in [2.75, 3.05) is 0 Å². The maximum absolute atomic E-state index is 10.6. The summed E-state index contributed by atoms with van der Waals surface area (Å²) in [5.74, 6) is 0. The van der Waals surface area contributed by atoms with Crippen molar-refractivity contribution in [1.82, 2.24) is 0 Å². The molecule has 66 valence electrons. The molecule has 0 saturated heterocycles. The summed E-state index contributed by atoms with van der Waals surface area (Å²) in [6.07, 6.45) is 0. The summed E-state index contributed by atoms with van der Waals surface area (Å²) < 4.78 is 29.9. The molecule has 0 aromatic heterocycles. The third-order valence-electron chi connectivity index (χ3n) is 1.37. The van der Waals surface area contributed by atoms with E-state index in [4.69, 9.17) is 16.2 Å². The standard InChI is InChI=1S/C7H7ClO3S.Na/c1-5-2-3-7(6(8)4-5)12(9,10)11;/h2-4H,1H3,(H,9,10,11);/q;+1. The topological polar surface area (TPSA) is 54.4 Å². The summed E-state index contributed by atoms with van der Waals surface area (Å²) in [6, 6.07) is 4.31. The van der Waals surface area contributed by atoms with Gasteiger partial charge in [0.2, 0.25) is 0 Å². The van der Waals surface area contributed by atoms with Gasteiger partial charge in [-0.2, -0.15) is 8.42 Å². The molecule has 13 heavy (non-hydrogen) atoms. The van der Waals surface area contributed by atoms with E-state index >= 15 is 0 Å². The van der Waals surface area contributed by atoms with Gasteiger partial charge in [-0.3, -0.25) is 4.55 Å². The fourth-order valence-corrected chi connectivity index (χ4v) is 1.89. The van der Waals surface area contributed by atoms with Crippen molar-refractivity contribution in [1.29, 1.82) is 0 Å². The predicted octanol–water partition coefficient (Wildman–Crippen LogP) is -1.10. The van der Waals surface area contributed by atoms with Crippen LogP contribution in [0.1, 0.15) is 5.56 Å². The zero-order chi connectivity index (χ0) is 9.35. The Morgan fingerprint density at radius 1 is 1.38 bits per heavy atom. The Morgan fingerprint density at radius 3 is 2.31 bits per heavy atom. The van der Waals surface area contributed by atoms with Crippen LogP contribution in [0.15, 0.2) is 23.1 Å². The molecule has 0 spiro atoms. The molecule has 6 heteroatoms. The van der Waals surface area contributed by atoms with Crippen LogP contribution in [0.5, 0.6) is 0 Å². The zero-order valence-corrected chi connectivity index (χ0v) is 10.9. The molecular formula is C7H7ClNaO3S+. The molecule has 0 aliphatic heterocycles. The number of rotatable bonds is 1. The Bertz CT molecular complexity index is 402. The van der Waals surface area contributed by atoms with Gasteiger partial charge in [0.05, 0.1) is 5.02 Å². The molecule has 3 nitrogen and oxygen atoms in total. The quantitative estimate of drug-likeness (QED) is 0.491. The molecule has 0 unspecified atom stereocenters. The van der Waals surface area contributed by atoms with Crippen molar-refractivity contribution in [3.05, 3.63) is 28.8 Å². The summed E-state index contributed by atoms with van der Waals surface area (Å²) in [4.78, 5) is -0.255. The molecule has 0 bridgehead atoms. The normalized spacial score (nSPS) is 10.7. The third-order valence-corrected chi connectivity index (χ3v) is 2.70. The van der Waals surface area contributed by atoms with Crippen LogP contribution in [0.3, 0.4) is 0 Å². The van der Waals surface area contributed by atoms with Crippen LogP contribution >= 0.6 is 11.6 Å². The van der Waals surface area contributed by atoms with Gasteiger partial charge in [0, 0.05) is 0 Å². The van der Waals surface area contributed by atoms with E-state index in [-0.39, 0.29) is 39.5 Å². The molecular weight excluding hydrogens is 223 g/mol. The van der Waals surface area contributed by atoms with E-state index in [1.807, 2.05) is 0 Å². The fourth-order valence-electron chi connectivity index (χ4n) is 0.815. The van der Waals surface area contributed by atoms with Gasteiger partial charge < -0.3 is 0 Å². The molecule has 0 amide bonds. The first-order valence-electron chi connectivity index (χ1n) is 3.15. The van der Waals surface area contributed by atoms with Gasteiger partial charge in [0.25, 0.3) is 10.1 Å². The van der Waals surface area contributed by atoms with Gasteiger partial charge in [-0.15, -0.1) is 0 Å². The minimum atomic E-state index is -4.18. The predicted molar refractivity (Wildman–Crippen MR) is 46.0 cm³/mol. The van der Waals surface area contributed by atoms with E-state index in [1.54, 1.807) is 13.0 Å². The number of hydrogen-bond donors (Lipinski definition) is 1. The van der Waals surface area contributed by atoms with Crippen LogP contribution < -0.4 is 29.6 Å². The number of halogens is 1. The molecule has 1 aromatic rings. The van der Waals surface area contributed by atoms with Gasteiger partial charge in [-0.1, -0.05) is 17.7 Å².